The number of hydrogen-bond donors (Lipinski definition) is 0. The first-order valence-corrected chi connectivity index (χ1v) is 13.4. The lowest BCUT2D eigenvalue weighted by atomic mass is 10.0. The van der Waals surface area contributed by atoms with Crippen molar-refractivity contribution in [1.29, 1.82) is 0 Å². The number of thiazole rings is 1. The first-order valence-electron chi connectivity index (χ1n) is 12.6. The number of furan rings is 1. The van der Waals surface area contributed by atoms with Crippen molar-refractivity contribution in [2.75, 3.05) is 0 Å². The van der Waals surface area contributed by atoms with Crippen LogP contribution in [0.5, 0.6) is 0 Å². The Bertz CT molecular complexity index is 2130. The summed E-state index contributed by atoms with van der Waals surface area (Å²) in [5.74, 6) is 0.991. The van der Waals surface area contributed by atoms with Gasteiger partial charge in [-0.2, -0.15) is 14.6 Å². The van der Waals surface area contributed by atoms with Crippen molar-refractivity contribution in [3.05, 3.63) is 116 Å². The van der Waals surface area contributed by atoms with Crippen LogP contribution in [0, 0.1) is 20.8 Å². The summed E-state index contributed by atoms with van der Waals surface area (Å²) in [4.78, 5) is 18.6. The Kier molecular flexibility index (Phi) is 5.31. The molecule has 7 nitrogen and oxygen atoms in total. The molecule has 190 valence electrons. The molecule has 0 aliphatic carbocycles. The van der Waals surface area contributed by atoms with E-state index in [1.54, 1.807) is 0 Å². The average Bonchev–Trinajstić information content (AvgIpc) is 3.70. The van der Waals surface area contributed by atoms with Gasteiger partial charge in [-0.15, -0.1) is 5.10 Å². The second-order valence-electron chi connectivity index (χ2n) is 9.63. The van der Waals surface area contributed by atoms with Crippen LogP contribution < -0.4 is 10.1 Å². The topological polar surface area (TPSA) is 78.2 Å². The zero-order valence-corrected chi connectivity index (χ0v) is 22.4. The largest absolute Gasteiger partial charge is 0.452 e. The molecule has 0 aliphatic rings. The molecule has 0 unspecified atom stereocenters. The first-order chi connectivity index (χ1) is 19.0. The van der Waals surface area contributed by atoms with E-state index in [0.29, 0.717) is 21.1 Å². The fraction of sp³-hybridized carbons (Fsp3) is 0.0968. The van der Waals surface area contributed by atoms with E-state index in [0.717, 1.165) is 50.2 Å². The standard InChI is InChI=1S/C31H23N5O2S/c1-18-13-14-19(2)24(15-18)27-21(17-35(33-27)22-9-5-4-6-10-22)16-26-30(37)36-31(39-26)32-29(34-36)28-20(3)23-11-7-8-12-25(23)38-28/h4-17H,1-3H3/b26-16-. The van der Waals surface area contributed by atoms with Crippen LogP contribution in [0.4, 0.5) is 0 Å². The van der Waals surface area contributed by atoms with Crippen molar-refractivity contribution in [2.45, 2.75) is 20.8 Å². The molecule has 0 aliphatic heterocycles. The quantitative estimate of drug-likeness (QED) is 0.284. The van der Waals surface area contributed by atoms with Gasteiger partial charge in [0.05, 0.1) is 10.2 Å². The van der Waals surface area contributed by atoms with Crippen LogP contribution >= 0.6 is 11.3 Å². The molecule has 0 saturated heterocycles. The second kappa shape index (κ2) is 8.89. The number of aromatic nitrogens is 5. The normalized spacial score (nSPS) is 12.2. The molecule has 8 heteroatoms. The van der Waals surface area contributed by atoms with Crippen LogP contribution in [0.3, 0.4) is 0 Å². The fourth-order valence-electron chi connectivity index (χ4n) is 4.86. The van der Waals surface area contributed by atoms with Crippen LogP contribution in [0.15, 0.2) is 88.2 Å². The van der Waals surface area contributed by atoms with Crippen LogP contribution in [-0.4, -0.2) is 24.4 Å². The molecule has 0 N–H and O–H groups in total. The molecule has 0 saturated carbocycles. The molecule has 7 aromatic rings. The number of fused-ring (bicyclic) bond motifs is 2. The molecule has 4 aromatic heterocycles. The highest BCUT2D eigenvalue weighted by atomic mass is 32.1. The van der Waals surface area contributed by atoms with Crippen molar-refractivity contribution in [3.63, 3.8) is 0 Å². The number of aryl methyl sites for hydroxylation is 3. The van der Waals surface area contributed by atoms with E-state index in [1.165, 1.54) is 15.9 Å². The zero-order valence-electron chi connectivity index (χ0n) is 21.5. The molecule has 0 bridgehead atoms. The third-order valence-corrected chi connectivity index (χ3v) is 7.89. The molecular formula is C31H23N5O2S. The molecule has 0 fully saturated rings. The average molecular weight is 530 g/mol. The van der Waals surface area contributed by atoms with E-state index in [-0.39, 0.29) is 5.56 Å². The van der Waals surface area contributed by atoms with E-state index in [2.05, 4.69) is 42.1 Å². The van der Waals surface area contributed by atoms with Crippen molar-refractivity contribution in [1.82, 2.24) is 24.4 Å². The SMILES string of the molecule is Cc1ccc(C)c(-c2nn(-c3ccccc3)cc2/C=c2\sc3nc(-c4oc5ccccc5c4C)nn3c2=O)c1. The van der Waals surface area contributed by atoms with E-state index in [9.17, 15) is 4.79 Å². The molecule has 3 aromatic carbocycles. The summed E-state index contributed by atoms with van der Waals surface area (Å²) in [6.45, 7) is 6.12. The molecule has 4 heterocycles. The molecule has 7 rings (SSSR count). The summed E-state index contributed by atoms with van der Waals surface area (Å²) in [6, 6.07) is 24.1. The Morgan fingerprint density at radius 2 is 1.72 bits per heavy atom. The van der Waals surface area contributed by atoms with Crippen molar-refractivity contribution < 1.29 is 4.42 Å². The van der Waals surface area contributed by atoms with E-state index in [1.807, 2.05) is 78.5 Å². The van der Waals surface area contributed by atoms with Crippen LogP contribution in [0.2, 0.25) is 0 Å². The smallest absolute Gasteiger partial charge is 0.291 e. The lowest BCUT2D eigenvalue weighted by Crippen LogP contribution is -2.23. The highest BCUT2D eigenvalue weighted by Gasteiger charge is 2.20. The van der Waals surface area contributed by atoms with Gasteiger partial charge >= 0.3 is 0 Å². The summed E-state index contributed by atoms with van der Waals surface area (Å²) in [7, 11) is 0. The number of benzene rings is 3. The van der Waals surface area contributed by atoms with Gasteiger partial charge in [0.15, 0.2) is 5.76 Å². The lowest BCUT2D eigenvalue weighted by Gasteiger charge is -2.05. The van der Waals surface area contributed by atoms with Crippen molar-refractivity contribution >= 4 is 33.3 Å². The second-order valence-corrected chi connectivity index (χ2v) is 10.6. The summed E-state index contributed by atoms with van der Waals surface area (Å²) in [5.41, 5.74) is 7.41. The third kappa shape index (κ3) is 3.88. The van der Waals surface area contributed by atoms with Gasteiger partial charge in [0.2, 0.25) is 10.8 Å². The van der Waals surface area contributed by atoms with E-state index in [4.69, 9.17) is 9.52 Å². The molecule has 0 spiro atoms. The third-order valence-electron chi connectivity index (χ3n) is 6.93. The summed E-state index contributed by atoms with van der Waals surface area (Å²) >= 11 is 1.31. The number of nitrogens with zero attached hydrogens (tertiary/aromatic N) is 5. The Labute approximate surface area is 227 Å². The highest BCUT2D eigenvalue weighted by molar-refractivity contribution is 7.15. The van der Waals surface area contributed by atoms with Crippen LogP contribution in [-0.2, 0) is 0 Å². The minimum atomic E-state index is -0.220. The first kappa shape index (κ1) is 23.3. The van der Waals surface area contributed by atoms with Crippen LogP contribution in [0.1, 0.15) is 22.3 Å². The minimum absolute atomic E-state index is 0.220. The lowest BCUT2D eigenvalue weighted by molar-refractivity contribution is 0.622. The number of rotatable bonds is 4. The highest BCUT2D eigenvalue weighted by Crippen LogP contribution is 2.32. The maximum Gasteiger partial charge on any atom is 0.291 e. The molecule has 0 radical (unpaired) electrons. The monoisotopic (exact) mass is 529 g/mol. The maximum absolute atomic E-state index is 13.5. The van der Waals surface area contributed by atoms with Gasteiger partial charge in [-0.25, -0.2) is 4.68 Å². The minimum Gasteiger partial charge on any atom is -0.452 e. The van der Waals surface area contributed by atoms with Gasteiger partial charge < -0.3 is 4.42 Å². The Balaban J connectivity index is 1.38. The van der Waals surface area contributed by atoms with Gasteiger partial charge in [-0.3, -0.25) is 4.79 Å². The van der Waals surface area contributed by atoms with Gasteiger partial charge in [-0.1, -0.05) is 65.4 Å². The molecule has 0 amide bonds. The Morgan fingerprint density at radius 3 is 2.51 bits per heavy atom. The molecule has 39 heavy (non-hydrogen) atoms. The van der Waals surface area contributed by atoms with Crippen molar-refractivity contribution in [3.8, 4) is 28.5 Å². The Morgan fingerprint density at radius 1 is 0.923 bits per heavy atom. The molecular weight excluding hydrogens is 506 g/mol. The van der Waals surface area contributed by atoms with Gasteiger partial charge in [0.1, 0.15) is 11.3 Å². The number of hydrogen-bond acceptors (Lipinski definition) is 6. The predicted octanol–water partition coefficient (Wildman–Crippen LogP) is 5.89. The number of para-hydroxylation sites is 2. The van der Waals surface area contributed by atoms with Crippen molar-refractivity contribution in [2.24, 2.45) is 0 Å². The van der Waals surface area contributed by atoms with Gasteiger partial charge in [0, 0.05) is 28.3 Å². The van der Waals surface area contributed by atoms with Gasteiger partial charge in [-0.05, 0) is 56.7 Å². The summed E-state index contributed by atoms with van der Waals surface area (Å²) in [5, 5.41) is 10.5. The zero-order chi connectivity index (χ0) is 26.7. The predicted molar refractivity (Wildman–Crippen MR) is 154 cm³/mol. The van der Waals surface area contributed by atoms with Crippen LogP contribution in [0.25, 0.3) is 50.5 Å². The summed E-state index contributed by atoms with van der Waals surface area (Å²) < 4.78 is 9.78. The fourth-order valence-corrected chi connectivity index (χ4v) is 5.76. The molecule has 0 atom stereocenters. The summed E-state index contributed by atoms with van der Waals surface area (Å²) in [6.07, 6.45) is 3.85. The van der Waals surface area contributed by atoms with Gasteiger partial charge in [0.25, 0.3) is 5.56 Å². The van der Waals surface area contributed by atoms with E-state index >= 15 is 0 Å². The van der Waals surface area contributed by atoms with E-state index < -0.39 is 0 Å². The Hall–Kier alpha value is -4.82. The maximum atomic E-state index is 13.5.